The molecule has 0 amide bonds. The van der Waals surface area contributed by atoms with Crippen LogP contribution in [0.2, 0.25) is 5.02 Å². The molecule has 0 saturated heterocycles. The second kappa shape index (κ2) is 8.99. The van der Waals surface area contributed by atoms with Gasteiger partial charge in [-0.2, -0.15) is 0 Å². The van der Waals surface area contributed by atoms with Crippen LogP contribution in [-0.2, 0) is 17.0 Å². The molecule has 0 radical (unpaired) electrons. The second-order valence-electron chi connectivity index (χ2n) is 5.39. The molecule has 3 rings (SSSR count). The number of pyridine rings is 1. The van der Waals surface area contributed by atoms with Gasteiger partial charge in [0, 0.05) is 37.8 Å². The minimum atomic E-state index is 0.671. The van der Waals surface area contributed by atoms with Gasteiger partial charge in [0.2, 0.25) is 0 Å². The summed E-state index contributed by atoms with van der Waals surface area (Å²) < 4.78 is 7.29. The highest BCUT2D eigenvalue weighted by molar-refractivity contribution is 7.98. The number of ether oxygens (including phenoxy) is 1. The number of thioether (sulfide) groups is 1. The van der Waals surface area contributed by atoms with Gasteiger partial charge < -0.3 is 9.30 Å². The van der Waals surface area contributed by atoms with Crippen molar-refractivity contribution in [3.8, 4) is 11.4 Å². The Morgan fingerprint density at radius 1 is 1.12 bits per heavy atom. The molecule has 0 fully saturated rings. The van der Waals surface area contributed by atoms with Crippen LogP contribution in [0.5, 0.6) is 0 Å². The van der Waals surface area contributed by atoms with Crippen molar-refractivity contribution in [1.82, 2.24) is 19.7 Å². The fourth-order valence-corrected chi connectivity index (χ4v) is 3.53. The number of hydrogen-bond donors (Lipinski definition) is 0. The summed E-state index contributed by atoms with van der Waals surface area (Å²) >= 11 is 7.97. The smallest absolute Gasteiger partial charge is 0.191 e. The Hall–Kier alpha value is -1.89. The van der Waals surface area contributed by atoms with E-state index in [1.807, 2.05) is 42.5 Å². The minimum Gasteiger partial charge on any atom is -0.385 e. The molecule has 3 aromatic rings. The first-order chi connectivity index (χ1) is 12.3. The lowest BCUT2D eigenvalue weighted by molar-refractivity contribution is 0.189. The van der Waals surface area contributed by atoms with Crippen LogP contribution >= 0.6 is 23.4 Å². The maximum absolute atomic E-state index is 6.35. The average Bonchev–Trinajstić information content (AvgIpc) is 3.04. The zero-order valence-corrected chi connectivity index (χ0v) is 15.5. The molecule has 0 aliphatic carbocycles. The molecule has 0 aliphatic heterocycles. The fraction of sp³-hybridized carbons (Fsp3) is 0.278. The van der Waals surface area contributed by atoms with Gasteiger partial charge in [-0.25, -0.2) is 0 Å². The Kier molecular flexibility index (Phi) is 6.44. The van der Waals surface area contributed by atoms with Crippen molar-refractivity contribution in [1.29, 1.82) is 0 Å². The highest BCUT2D eigenvalue weighted by Crippen LogP contribution is 2.30. The van der Waals surface area contributed by atoms with Gasteiger partial charge in [-0.1, -0.05) is 41.6 Å². The maximum atomic E-state index is 6.35. The predicted octanol–water partition coefficient (Wildman–Crippen LogP) is 4.32. The molecule has 2 aromatic heterocycles. The molecule has 7 heteroatoms. The summed E-state index contributed by atoms with van der Waals surface area (Å²) in [5.74, 6) is 1.52. The number of hydrogen-bond acceptors (Lipinski definition) is 5. The number of rotatable bonds is 8. The van der Waals surface area contributed by atoms with E-state index in [1.165, 1.54) is 0 Å². The SMILES string of the molecule is COCCCn1c(SCc2ccccn2)nnc1-c1ccccc1Cl. The van der Waals surface area contributed by atoms with Crippen LogP contribution in [-0.4, -0.2) is 33.5 Å². The zero-order chi connectivity index (χ0) is 17.5. The van der Waals surface area contributed by atoms with E-state index in [0.717, 1.165) is 41.0 Å². The highest BCUT2D eigenvalue weighted by Gasteiger charge is 2.16. The molecule has 0 aliphatic rings. The molecule has 0 atom stereocenters. The lowest BCUT2D eigenvalue weighted by Crippen LogP contribution is -2.05. The highest BCUT2D eigenvalue weighted by atomic mass is 35.5. The largest absolute Gasteiger partial charge is 0.385 e. The molecule has 130 valence electrons. The van der Waals surface area contributed by atoms with Crippen LogP contribution in [0.1, 0.15) is 12.1 Å². The van der Waals surface area contributed by atoms with Crippen LogP contribution in [0, 0.1) is 0 Å². The molecule has 0 spiro atoms. The summed E-state index contributed by atoms with van der Waals surface area (Å²) in [7, 11) is 1.71. The molecule has 1 aromatic carbocycles. The second-order valence-corrected chi connectivity index (χ2v) is 6.74. The summed E-state index contributed by atoms with van der Waals surface area (Å²) in [5, 5.41) is 10.3. The molecule has 0 unspecified atom stereocenters. The molecular formula is C18H19ClN4OS. The van der Waals surface area contributed by atoms with E-state index in [1.54, 1.807) is 25.1 Å². The Bertz CT molecular complexity index is 810. The monoisotopic (exact) mass is 374 g/mol. The number of aromatic nitrogens is 4. The van der Waals surface area contributed by atoms with Crippen LogP contribution in [0.15, 0.2) is 53.8 Å². The molecule has 5 nitrogen and oxygen atoms in total. The molecule has 0 saturated carbocycles. The summed E-state index contributed by atoms with van der Waals surface area (Å²) in [6, 6.07) is 13.6. The van der Waals surface area contributed by atoms with Gasteiger partial charge in [0.15, 0.2) is 11.0 Å². The lowest BCUT2D eigenvalue weighted by Gasteiger charge is -2.10. The Labute approximate surface area is 156 Å². The quantitative estimate of drug-likeness (QED) is 0.434. The van der Waals surface area contributed by atoms with E-state index in [4.69, 9.17) is 16.3 Å². The Morgan fingerprint density at radius 2 is 1.96 bits per heavy atom. The van der Waals surface area contributed by atoms with Crippen LogP contribution in [0.25, 0.3) is 11.4 Å². The van der Waals surface area contributed by atoms with Crippen molar-refractivity contribution >= 4 is 23.4 Å². The Balaban J connectivity index is 1.85. The zero-order valence-electron chi connectivity index (χ0n) is 13.9. The summed E-state index contributed by atoms with van der Waals surface area (Å²) in [6.45, 7) is 1.45. The fourth-order valence-electron chi connectivity index (χ4n) is 2.43. The van der Waals surface area contributed by atoms with Crippen molar-refractivity contribution in [3.05, 3.63) is 59.4 Å². The summed E-state index contributed by atoms with van der Waals surface area (Å²) in [5.41, 5.74) is 1.90. The predicted molar refractivity (Wildman–Crippen MR) is 101 cm³/mol. The van der Waals surface area contributed by atoms with Gasteiger partial charge in [0.05, 0.1) is 10.7 Å². The molecule has 0 N–H and O–H groups in total. The number of halogens is 1. The van der Waals surface area contributed by atoms with E-state index in [-0.39, 0.29) is 0 Å². The number of methoxy groups -OCH3 is 1. The molecule has 25 heavy (non-hydrogen) atoms. The van der Waals surface area contributed by atoms with Crippen molar-refractivity contribution in [2.45, 2.75) is 23.9 Å². The third kappa shape index (κ3) is 4.60. The average molecular weight is 375 g/mol. The van der Waals surface area contributed by atoms with E-state index < -0.39 is 0 Å². The first kappa shape index (κ1) is 17.9. The van der Waals surface area contributed by atoms with Crippen LogP contribution in [0.3, 0.4) is 0 Å². The minimum absolute atomic E-state index is 0.671. The summed E-state index contributed by atoms with van der Waals surface area (Å²) in [4.78, 5) is 4.36. The van der Waals surface area contributed by atoms with Gasteiger partial charge in [0.1, 0.15) is 0 Å². The number of benzene rings is 1. The van der Waals surface area contributed by atoms with Gasteiger partial charge in [-0.15, -0.1) is 10.2 Å². The van der Waals surface area contributed by atoms with Crippen molar-refractivity contribution in [2.75, 3.05) is 13.7 Å². The van der Waals surface area contributed by atoms with E-state index >= 15 is 0 Å². The Morgan fingerprint density at radius 3 is 2.72 bits per heavy atom. The van der Waals surface area contributed by atoms with Gasteiger partial charge in [0.25, 0.3) is 0 Å². The number of nitrogens with zero attached hydrogens (tertiary/aromatic N) is 4. The molecular weight excluding hydrogens is 356 g/mol. The van der Waals surface area contributed by atoms with Crippen molar-refractivity contribution in [2.24, 2.45) is 0 Å². The van der Waals surface area contributed by atoms with E-state index in [9.17, 15) is 0 Å². The van der Waals surface area contributed by atoms with Gasteiger partial charge in [-0.05, 0) is 30.7 Å². The molecule has 0 bridgehead atoms. The van der Waals surface area contributed by atoms with Crippen LogP contribution in [0.4, 0.5) is 0 Å². The maximum Gasteiger partial charge on any atom is 0.191 e. The first-order valence-electron chi connectivity index (χ1n) is 7.99. The van der Waals surface area contributed by atoms with E-state index in [0.29, 0.717) is 11.6 Å². The lowest BCUT2D eigenvalue weighted by atomic mass is 10.2. The van der Waals surface area contributed by atoms with Crippen LogP contribution < -0.4 is 0 Å². The topological polar surface area (TPSA) is 52.8 Å². The first-order valence-corrected chi connectivity index (χ1v) is 9.35. The third-order valence-corrected chi connectivity index (χ3v) is 4.97. The summed E-state index contributed by atoms with van der Waals surface area (Å²) in [6.07, 6.45) is 2.68. The molecule has 2 heterocycles. The normalized spacial score (nSPS) is 11.0. The van der Waals surface area contributed by atoms with E-state index in [2.05, 4.69) is 19.7 Å². The third-order valence-electron chi connectivity index (χ3n) is 3.64. The van der Waals surface area contributed by atoms with Crippen molar-refractivity contribution < 1.29 is 4.74 Å². The standard InChI is InChI=1S/C18H19ClN4OS/c1-24-12-6-11-23-17(15-8-2-3-9-16(15)19)21-22-18(23)25-13-14-7-4-5-10-20-14/h2-5,7-10H,6,11-13H2,1H3. The van der Waals surface area contributed by atoms with Gasteiger partial charge in [-0.3, -0.25) is 4.98 Å². The van der Waals surface area contributed by atoms with Gasteiger partial charge >= 0.3 is 0 Å². The van der Waals surface area contributed by atoms with Crippen molar-refractivity contribution in [3.63, 3.8) is 0 Å².